The van der Waals surface area contributed by atoms with Crippen molar-refractivity contribution in [3.63, 3.8) is 0 Å². The lowest BCUT2D eigenvalue weighted by molar-refractivity contribution is -0.384. The Morgan fingerprint density at radius 3 is 2.60 bits per heavy atom. The molecule has 0 aliphatic rings. The number of hydrogen-bond donors (Lipinski definition) is 1. The molecule has 0 heterocycles. The van der Waals surface area contributed by atoms with Crippen molar-refractivity contribution in [3.8, 4) is 12.3 Å². The highest BCUT2D eigenvalue weighted by molar-refractivity contribution is 7.89. The summed E-state index contributed by atoms with van der Waals surface area (Å²) in [6.07, 6.45) is 5.91. The second-order valence-corrected chi connectivity index (χ2v) is 6.19. The molecule has 0 atom stereocenters. The summed E-state index contributed by atoms with van der Waals surface area (Å²) in [4.78, 5) is 9.60. The van der Waals surface area contributed by atoms with Crippen molar-refractivity contribution in [2.24, 2.45) is 0 Å². The SMILES string of the molecule is C#CCCCNS(=O)(=O)c1ccc(Cl)c([N+](=O)[O-])c1Cl. The monoisotopic (exact) mass is 336 g/mol. The van der Waals surface area contributed by atoms with Crippen LogP contribution in [0.4, 0.5) is 5.69 Å². The molecule has 0 fully saturated rings. The van der Waals surface area contributed by atoms with Crippen LogP contribution in [-0.4, -0.2) is 19.9 Å². The average molecular weight is 337 g/mol. The molecular formula is C11H10Cl2N2O4S. The Morgan fingerprint density at radius 2 is 2.05 bits per heavy atom. The Kier molecular flexibility index (Phi) is 5.77. The number of nitrogens with zero attached hydrogens (tertiary/aromatic N) is 1. The minimum Gasteiger partial charge on any atom is -0.258 e. The molecule has 0 bridgehead atoms. The van der Waals surface area contributed by atoms with Gasteiger partial charge in [-0.1, -0.05) is 23.2 Å². The summed E-state index contributed by atoms with van der Waals surface area (Å²) in [7, 11) is -3.96. The number of rotatable bonds is 6. The molecule has 0 saturated carbocycles. The van der Waals surface area contributed by atoms with E-state index in [1.165, 1.54) is 0 Å². The van der Waals surface area contributed by atoms with Gasteiger partial charge in [0.1, 0.15) is 14.9 Å². The van der Waals surface area contributed by atoms with Gasteiger partial charge in [0.25, 0.3) is 0 Å². The molecule has 6 nitrogen and oxygen atoms in total. The highest BCUT2D eigenvalue weighted by Gasteiger charge is 2.27. The molecule has 0 saturated heterocycles. The maximum atomic E-state index is 12.0. The van der Waals surface area contributed by atoms with Crippen LogP contribution in [0.2, 0.25) is 10.0 Å². The van der Waals surface area contributed by atoms with Gasteiger partial charge in [0.2, 0.25) is 10.0 Å². The summed E-state index contributed by atoms with van der Waals surface area (Å²) in [5.74, 6) is 2.37. The fourth-order valence-corrected chi connectivity index (χ4v) is 3.33. The summed E-state index contributed by atoms with van der Waals surface area (Å²) in [5, 5.41) is 10.1. The van der Waals surface area contributed by atoms with E-state index in [-0.39, 0.29) is 11.6 Å². The molecule has 0 amide bonds. The number of nitro groups is 1. The number of terminal acetylenes is 1. The van der Waals surface area contributed by atoms with Gasteiger partial charge in [-0.05, 0) is 18.6 Å². The summed E-state index contributed by atoms with van der Waals surface area (Å²) in [6, 6.07) is 2.22. The molecule has 20 heavy (non-hydrogen) atoms. The molecule has 1 N–H and O–H groups in total. The van der Waals surface area contributed by atoms with E-state index in [9.17, 15) is 18.5 Å². The van der Waals surface area contributed by atoms with Crippen LogP contribution in [0.5, 0.6) is 0 Å². The van der Waals surface area contributed by atoms with E-state index in [0.29, 0.717) is 12.8 Å². The Morgan fingerprint density at radius 1 is 1.40 bits per heavy atom. The zero-order chi connectivity index (χ0) is 15.3. The van der Waals surface area contributed by atoms with Crippen LogP contribution in [0.15, 0.2) is 17.0 Å². The lowest BCUT2D eigenvalue weighted by Gasteiger charge is -2.08. The molecule has 0 aliphatic carbocycles. The van der Waals surface area contributed by atoms with E-state index in [0.717, 1.165) is 12.1 Å². The second-order valence-electron chi connectivity index (χ2n) is 3.67. The van der Waals surface area contributed by atoms with Crippen molar-refractivity contribution in [3.05, 3.63) is 32.3 Å². The number of sulfonamides is 1. The van der Waals surface area contributed by atoms with Gasteiger partial charge in [0, 0.05) is 13.0 Å². The van der Waals surface area contributed by atoms with Gasteiger partial charge < -0.3 is 0 Å². The van der Waals surface area contributed by atoms with E-state index in [2.05, 4.69) is 10.6 Å². The van der Waals surface area contributed by atoms with Gasteiger partial charge >= 0.3 is 5.69 Å². The Labute approximate surface area is 126 Å². The van der Waals surface area contributed by atoms with Crippen LogP contribution >= 0.6 is 23.2 Å². The van der Waals surface area contributed by atoms with E-state index in [1.807, 2.05) is 0 Å². The maximum absolute atomic E-state index is 12.0. The predicted octanol–water partition coefficient (Wildman–Crippen LogP) is 2.59. The first-order chi connectivity index (χ1) is 9.31. The van der Waals surface area contributed by atoms with Gasteiger partial charge in [-0.3, -0.25) is 10.1 Å². The minimum absolute atomic E-state index is 0.110. The number of unbranched alkanes of at least 4 members (excludes halogenated alkanes) is 1. The molecule has 9 heteroatoms. The fourth-order valence-electron chi connectivity index (χ4n) is 1.37. The smallest absolute Gasteiger partial charge is 0.258 e. The zero-order valence-electron chi connectivity index (χ0n) is 10.1. The molecule has 0 spiro atoms. The largest absolute Gasteiger partial charge is 0.307 e. The van der Waals surface area contributed by atoms with Crippen molar-refractivity contribution < 1.29 is 13.3 Å². The van der Waals surface area contributed by atoms with Crippen LogP contribution < -0.4 is 4.72 Å². The van der Waals surface area contributed by atoms with Crippen LogP contribution in [0, 0.1) is 22.5 Å². The summed E-state index contributed by atoms with van der Waals surface area (Å²) >= 11 is 11.4. The minimum atomic E-state index is -3.96. The second kappa shape index (κ2) is 6.90. The summed E-state index contributed by atoms with van der Waals surface area (Å²) in [5.41, 5.74) is -0.639. The van der Waals surface area contributed by atoms with Gasteiger partial charge in [0.05, 0.1) is 4.92 Å². The lowest BCUT2D eigenvalue weighted by Crippen LogP contribution is -2.25. The van der Waals surface area contributed by atoms with Crippen molar-refractivity contribution >= 4 is 38.9 Å². The first-order valence-corrected chi connectivity index (χ1v) is 7.60. The molecule has 1 rings (SSSR count). The quantitative estimate of drug-likeness (QED) is 0.374. The van der Waals surface area contributed by atoms with E-state index < -0.39 is 30.6 Å². The average Bonchev–Trinajstić information content (AvgIpc) is 2.34. The predicted molar refractivity (Wildman–Crippen MR) is 76.4 cm³/mol. The topological polar surface area (TPSA) is 89.3 Å². The zero-order valence-corrected chi connectivity index (χ0v) is 12.4. The van der Waals surface area contributed by atoms with E-state index >= 15 is 0 Å². The number of hydrogen-bond acceptors (Lipinski definition) is 4. The molecule has 0 radical (unpaired) electrons. The van der Waals surface area contributed by atoms with E-state index in [4.69, 9.17) is 29.6 Å². The van der Waals surface area contributed by atoms with Gasteiger partial charge in [0.15, 0.2) is 0 Å². The van der Waals surface area contributed by atoms with Crippen molar-refractivity contribution in [1.29, 1.82) is 0 Å². The molecule has 0 aromatic heterocycles. The van der Waals surface area contributed by atoms with Gasteiger partial charge in [-0.25, -0.2) is 13.1 Å². The maximum Gasteiger partial charge on any atom is 0.307 e. The Hall–Kier alpha value is -1.33. The lowest BCUT2D eigenvalue weighted by atomic mass is 10.3. The first kappa shape index (κ1) is 16.7. The van der Waals surface area contributed by atoms with Crippen molar-refractivity contribution in [1.82, 2.24) is 4.72 Å². The molecular weight excluding hydrogens is 327 g/mol. The number of nitro benzene ring substituents is 1. The highest BCUT2D eigenvalue weighted by atomic mass is 35.5. The standard InChI is InChI=1S/C11H10Cl2N2O4S/c1-2-3-4-7-14-20(18,19)9-6-5-8(12)11(10(9)13)15(16)17/h1,5-6,14H,3-4,7H2. The Balaban J connectivity index is 3.11. The third-order valence-corrected chi connectivity index (χ3v) is 4.60. The van der Waals surface area contributed by atoms with E-state index in [1.54, 1.807) is 0 Å². The highest BCUT2D eigenvalue weighted by Crippen LogP contribution is 2.36. The van der Waals surface area contributed by atoms with Gasteiger partial charge in [-0.15, -0.1) is 12.3 Å². The summed E-state index contributed by atoms with van der Waals surface area (Å²) in [6.45, 7) is 0.110. The van der Waals surface area contributed by atoms with Crippen LogP contribution in [0.1, 0.15) is 12.8 Å². The van der Waals surface area contributed by atoms with Crippen LogP contribution in [0.25, 0.3) is 0 Å². The number of halogens is 2. The number of benzene rings is 1. The van der Waals surface area contributed by atoms with Crippen LogP contribution in [-0.2, 0) is 10.0 Å². The normalized spacial score (nSPS) is 11.1. The molecule has 0 unspecified atom stereocenters. The molecule has 1 aromatic rings. The molecule has 108 valence electrons. The molecule has 1 aromatic carbocycles. The Bertz CT molecular complexity index is 668. The fraction of sp³-hybridized carbons (Fsp3) is 0.273. The van der Waals surface area contributed by atoms with Crippen molar-refractivity contribution in [2.75, 3.05) is 6.54 Å². The summed E-state index contributed by atoms with van der Waals surface area (Å²) < 4.78 is 26.2. The van der Waals surface area contributed by atoms with Crippen LogP contribution in [0.3, 0.4) is 0 Å². The number of nitrogens with one attached hydrogen (secondary N) is 1. The van der Waals surface area contributed by atoms with Gasteiger partial charge in [-0.2, -0.15) is 0 Å². The van der Waals surface area contributed by atoms with Crippen molar-refractivity contribution in [2.45, 2.75) is 17.7 Å². The third kappa shape index (κ3) is 3.84. The molecule has 0 aliphatic heterocycles. The first-order valence-electron chi connectivity index (χ1n) is 5.36. The third-order valence-electron chi connectivity index (χ3n) is 2.29.